The summed E-state index contributed by atoms with van der Waals surface area (Å²) in [5.41, 5.74) is 0. The van der Waals surface area contributed by atoms with Crippen molar-refractivity contribution in [3.63, 3.8) is 0 Å². The number of aliphatic imine (C=N–C) groups is 2. The van der Waals surface area contributed by atoms with Gasteiger partial charge in [0.1, 0.15) is 13.2 Å². The molecule has 1 N–H and O–H groups in total. The normalized spacial score (nSPS) is 15.5. The van der Waals surface area contributed by atoms with Gasteiger partial charge in [0.15, 0.2) is 12.8 Å². The van der Waals surface area contributed by atoms with Gasteiger partial charge in [-0.05, 0) is 0 Å². The summed E-state index contributed by atoms with van der Waals surface area (Å²) < 4.78 is 9.31. The lowest BCUT2D eigenvalue weighted by atomic mass is 10.8. The molecule has 0 saturated carbocycles. The molecule has 82 valence electrons. The second kappa shape index (κ2) is 8.74. The van der Waals surface area contributed by atoms with Crippen LogP contribution in [0.4, 0.5) is 0 Å². The van der Waals surface area contributed by atoms with Gasteiger partial charge in [-0.15, -0.1) is 0 Å². The topological polar surface area (TPSA) is 71.9 Å². The van der Waals surface area contributed by atoms with Crippen molar-refractivity contribution in [2.75, 3.05) is 26.3 Å². The third-order valence-electron chi connectivity index (χ3n) is 1.38. The summed E-state index contributed by atoms with van der Waals surface area (Å²) in [6.07, 6.45) is 8.06. The predicted octanol–water partition coefficient (Wildman–Crippen LogP) is 0.500. The first-order valence-electron chi connectivity index (χ1n) is 4.62. The highest BCUT2D eigenvalue weighted by Crippen LogP contribution is 1.79. The summed E-state index contributed by atoms with van der Waals surface area (Å²) in [5.74, 6) is 0. The zero-order chi connectivity index (χ0) is 10.6. The van der Waals surface area contributed by atoms with Gasteiger partial charge in [-0.25, -0.2) is 4.98 Å². The van der Waals surface area contributed by atoms with Crippen LogP contribution in [0.2, 0.25) is 0 Å². The summed E-state index contributed by atoms with van der Waals surface area (Å²) >= 11 is 0. The molecule has 0 unspecified atom stereocenters. The van der Waals surface area contributed by atoms with Gasteiger partial charge in [-0.2, -0.15) is 0 Å². The van der Waals surface area contributed by atoms with Gasteiger partial charge in [-0.3, -0.25) is 9.98 Å². The Morgan fingerprint density at radius 3 is 1.80 bits per heavy atom. The average molecular weight is 210 g/mol. The summed E-state index contributed by atoms with van der Waals surface area (Å²) in [7, 11) is 0. The Labute approximate surface area is 88.1 Å². The van der Waals surface area contributed by atoms with Gasteiger partial charge < -0.3 is 14.5 Å². The summed E-state index contributed by atoms with van der Waals surface area (Å²) in [6.45, 7) is 3.25. The van der Waals surface area contributed by atoms with Crippen molar-refractivity contribution in [1.29, 1.82) is 0 Å². The Balaban J connectivity index is 0.000000112. The number of ether oxygens (including phenoxy) is 2. The van der Waals surface area contributed by atoms with E-state index in [0.29, 0.717) is 0 Å². The van der Waals surface area contributed by atoms with E-state index < -0.39 is 0 Å². The second-order valence-electron chi connectivity index (χ2n) is 2.53. The molecule has 3 heterocycles. The maximum atomic E-state index is 4.65. The van der Waals surface area contributed by atoms with Gasteiger partial charge in [0.25, 0.3) is 0 Å². The largest absolute Gasteiger partial charge is 0.482 e. The molecular weight excluding hydrogens is 196 g/mol. The number of hydrogen-bond donors (Lipinski definition) is 1. The summed E-state index contributed by atoms with van der Waals surface area (Å²) in [6, 6.07) is 0. The number of imidazole rings is 1. The van der Waals surface area contributed by atoms with E-state index >= 15 is 0 Å². The number of nitrogens with zero attached hydrogens (tertiary/aromatic N) is 3. The molecule has 0 saturated heterocycles. The first-order valence-corrected chi connectivity index (χ1v) is 4.62. The van der Waals surface area contributed by atoms with Crippen molar-refractivity contribution >= 4 is 12.8 Å². The molecule has 0 atom stereocenters. The number of aromatic nitrogens is 2. The minimum Gasteiger partial charge on any atom is -0.482 e. The quantitative estimate of drug-likeness (QED) is 0.677. The van der Waals surface area contributed by atoms with Gasteiger partial charge in [0.2, 0.25) is 0 Å². The fourth-order valence-electron chi connectivity index (χ4n) is 0.742. The number of H-pyrrole nitrogens is 1. The SMILES string of the molecule is C1=NCCO1.C1=NCCO1.c1c[nH]cn1. The molecule has 0 aromatic carbocycles. The molecule has 0 bridgehead atoms. The van der Waals surface area contributed by atoms with Crippen LogP contribution in [0.15, 0.2) is 28.7 Å². The van der Waals surface area contributed by atoms with E-state index in [0.717, 1.165) is 26.3 Å². The van der Waals surface area contributed by atoms with Gasteiger partial charge in [-0.1, -0.05) is 0 Å². The lowest BCUT2D eigenvalue weighted by molar-refractivity contribution is 0.361. The third kappa shape index (κ3) is 7.24. The smallest absolute Gasteiger partial charge is 0.169 e. The van der Waals surface area contributed by atoms with Crippen LogP contribution >= 0.6 is 0 Å². The Morgan fingerprint density at radius 1 is 1.00 bits per heavy atom. The summed E-state index contributed by atoms with van der Waals surface area (Å²) in [5, 5.41) is 0. The molecule has 15 heavy (non-hydrogen) atoms. The van der Waals surface area contributed by atoms with Crippen LogP contribution in [0.1, 0.15) is 0 Å². The van der Waals surface area contributed by atoms with Crippen LogP contribution in [-0.4, -0.2) is 49.1 Å². The fourth-order valence-corrected chi connectivity index (χ4v) is 0.742. The minimum absolute atomic E-state index is 0.778. The molecular formula is C9H14N4O2. The zero-order valence-electron chi connectivity index (χ0n) is 8.37. The Bertz CT molecular complexity index is 226. The molecule has 0 aliphatic carbocycles. The van der Waals surface area contributed by atoms with E-state index in [-0.39, 0.29) is 0 Å². The molecule has 0 fully saturated rings. The molecule has 1 aromatic heterocycles. The Kier molecular flexibility index (Phi) is 6.54. The summed E-state index contributed by atoms with van der Waals surface area (Å²) in [4.78, 5) is 13.9. The lowest BCUT2D eigenvalue weighted by Gasteiger charge is -1.76. The Morgan fingerprint density at radius 2 is 1.67 bits per heavy atom. The van der Waals surface area contributed by atoms with E-state index in [1.54, 1.807) is 18.7 Å². The number of rotatable bonds is 0. The highest BCUT2D eigenvalue weighted by Gasteiger charge is 1.85. The Hall–Kier alpha value is -1.85. The van der Waals surface area contributed by atoms with Crippen LogP contribution in [0.3, 0.4) is 0 Å². The van der Waals surface area contributed by atoms with E-state index in [4.69, 9.17) is 0 Å². The number of nitrogens with one attached hydrogen (secondary N) is 1. The first-order chi connectivity index (χ1) is 7.50. The van der Waals surface area contributed by atoms with Crippen LogP contribution < -0.4 is 0 Å². The van der Waals surface area contributed by atoms with Gasteiger partial charge in [0.05, 0.1) is 19.4 Å². The minimum atomic E-state index is 0.778. The third-order valence-corrected chi connectivity index (χ3v) is 1.38. The predicted molar refractivity (Wildman–Crippen MR) is 57.2 cm³/mol. The maximum absolute atomic E-state index is 4.65. The molecule has 6 nitrogen and oxygen atoms in total. The number of aromatic amines is 1. The maximum Gasteiger partial charge on any atom is 0.169 e. The van der Waals surface area contributed by atoms with Crippen molar-refractivity contribution in [2.45, 2.75) is 0 Å². The van der Waals surface area contributed by atoms with Crippen LogP contribution in [0, 0.1) is 0 Å². The van der Waals surface area contributed by atoms with Crippen molar-refractivity contribution in [1.82, 2.24) is 9.97 Å². The highest BCUT2D eigenvalue weighted by molar-refractivity contribution is 5.48. The van der Waals surface area contributed by atoms with Crippen LogP contribution in [0.5, 0.6) is 0 Å². The van der Waals surface area contributed by atoms with E-state index in [1.165, 1.54) is 12.8 Å². The van der Waals surface area contributed by atoms with Gasteiger partial charge in [0, 0.05) is 12.4 Å². The molecule has 0 amide bonds. The number of hydrogen-bond acceptors (Lipinski definition) is 5. The van der Waals surface area contributed by atoms with Crippen LogP contribution in [-0.2, 0) is 9.47 Å². The molecule has 0 radical (unpaired) electrons. The van der Waals surface area contributed by atoms with Crippen molar-refractivity contribution in [3.05, 3.63) is 18.7 Å². The monoisotopic (exact) mass is 210 g/mol. The van der Waals surface area contributed by atoms with E-state index in [1.807, 2.05) is 0 Å². The van der Waals surface area contributed by atoms with Crippen LogP contribution in [0.25, 0.3) is 0 Å². The van der Waals surface area contributed by atoms with Crippen molar-refractivity contribution in [2.24, 2.45) is 9.98 Å². The molecule has 6 heteroatoms. The van der Waals surface area contributed by atoms with Crippen molar-refractivity contribution < 1.29 is 9.47 Å². The highest BCUT2D eigenvalue weighted by atomic mass is 16.5. The van der Waals surface area contributed by atoms with Gasteiger partial charge >= 0.3 is 0 Å². The lowest BCUT2D eigenvalue weighted by Crippen LogP contribution is -1.80. The molecule has 0 spiro atoms. The second-order valence-corrected chi connectivity index (χ2v) is 2.53. The van der Waals surface area contributed by atoms with E-state index in [9.17, 15) is 0 Å². The molecule has 3 rings (SSSR count). The first kappa shape index (κ1) is 11.2. The molecule has 2 aliphatic rings. The van der Waals surface area contributed by atoms with E-state index in [2.05, 4.69) is 29.4 Å². The zero-order valence-corrected chi connectivity index (χ0v) is 8.37. The average Bonchev–Trinajstić information content (AvgIpc) is 3.09. The standard InChI is InChI=1S/C3H4N2.2C3H5NO/c3*1-2-5-3-4-1/h1-3H,(H,4,5);2*3H,1-2H2. The van der Waals surface area contributed by atoms with Crippen molar-refractivity contribution in [3.8, 4) is 0 Å². The molecule has 2 aliphatic heterocycles. The molecule has 1 aromatic rings. The fraction of sp³-hybridized carbons (Fsp3) is 0.444.